The molecule has 0 unspecified atom stereocenters. The Kier molecular flexibility index (Phi) is 8.70. The summed E-state index contributed by atoms with van der Waals surface area (Å²) in [6.45, 7) is 5.23. The summed E-state index contributed by atoms with van der Waals surface area (Å²) in [6, 6.07) is 0. The molecule has 0 radical (unpaired) electrons. The number of nitrogens with one attached hydrogen (secondary N) is 1. The summed E-state index contributed by atoms with van der Waals surface area (Å²) in [4.78, 5) is 19.3. The topological polar surface area (TPSA) is 47.9 Å². The SMILES string of the molecule is C=CCCCN(C)C(=NC)NCCC(=O)N(C)C. The molecule has 0 aliphatic carbocycles. The summed E-state index contributed by atoms with van der Waals surface area (Å²) in [7, 11) is 7.27. The number of unbranched alkanes of at least 4 members (excludes halogenated alkanes) is 1. The number of hydrogen-bond donors (Lipinski definition) is 1. The zero-order chi connectivity index (χ0) is 14.0. The van der Waals surface area contributed by atoms with Crippen LogP contribution in [-0.2, 0) is 4.79 Å². The molecule has 0 aromatic heterocycles. The molecule has 0 heterocycles. The van der Waals surface area contributed by atoms with Crippen LogP contribution in [0.5, 0.6) is 0 Å². The molecule has 0 saturated carbocycles. The van der Waals surface area contributed by atoms with Gasteiger partial charge in [0, 0.05) is 47.7 Å². The lowest BCUT2D eigenvalue weighted by Crippen LogP contribution is -2.40. The van der Waals surface area contributed by atoms with Crippen LogP contribution in [0.2, 0.25) is 0 Å². The van der Waals surface area contributed by atoms with E-state index in [-0.39, 0.29) is 5.91 Å². The van der Waals surface area contributed by atoms with Gasteiger partial charge >= 0.3 is 0 Å². The third-order valence-corrected chi connectivity index (χ3v) is 2.60. The van der Waals surface area contributed by atoms with Crippen molar-refractivity contribution in [2.75, 3.05) is 41.3 Å². The summed E-state index contributed by atoms with van der Waals surface area (Å²) < 4.78 is 0. The Morgan fingerprint density at radius 2 is 2.06 bits per heavy atom. The molecule has 5 heteroatoms. The van der Waals surface area contributed by atoms with Crippen molar-refractivity contribution in [1.82, 2.24) is 15.1 Å². The fraction of sp³-hybridized carbons (Fsp3) is 0.692. The zero-order valence-corrected chi connectivity index (χ0v) is 12.1. The minimum absolute atomic E-state index is 0.118. The van der Waals surface area contributed by atoms with Crippen LogP contribution < -0.4 is 5.32 Å². The lowest BCUT2D eigenvalue weighted by Gasteiger charge is -2.22. The van der Waals surface area contributed by atoms with Gasteiger partial charge < -0.3 is 15.1 Å². The normalized spacial score (nSPS) is 11.0. The Bertz CT molecular complexity index is 287. The lowest BCUT2D eigenvalue weighted by atomic mass is 10.3. The number of rotatable bonds is 7. The molecule has 0 aromatic rings. The second kappa shape index (κ2) is 9.50. The molecule has 0 atom stereocenters. The Labute approximate surface area is 111 Å². The molecule has 0 spiro atoms. The van der Waals surface area contributed by atoms with Crippen LogP contribution in [-0.4, -0.2) is 62.9 Å². The van der Waals surface area contributed by atoms with Crippen molar-refractivity contribution in [3.63, 3.8) is 0 Å². The van der Waals surface area contributed by atoms with Gasteiger partial charge in [0.05, 0.1) is 0 Å². The molecule has 0 rings (SSSR count). The van der Waals surface area contributed by atoms with E-state index in [0.717, 1.165) is 25.3 Å². The standard InChI is InChI=1S/C13H26N4O/c1-6-7-8-11-17(5)13(14-2)15-10-9-12(18)16(3)4/h6H,1,7-11H2,2-5H3,(H,14,15). The van der Waals surface area contributed by atoms with E-state index < -0.39 is 0 Å². The Morgan fingerprint density at radius 1 is 1.39 bits per heavy atom. The quantitative estimate of drug-likeness (QED) is 0.318. The van der Waals surface area contributed by atoms with Gasteiger partial charge in [0.25, 0.3) is 0 Å². The predicted octanol–water partition coefficient (Wildman–Crippen LogP) is 0.938. The van der Waals surface area contributed by atoms with Crippen molar-refractivity contribution >= 4 is 11.9 Å². The fourth-order valence-electron chi connectivity index (χ4n) is 1.47. The number of carbonyl (C=O) groups excluding carboxylic acids is 1. The number of carbonyl (C=O) groups is 1. The van der Waals surface area contributed by atoms with E-state index in [1.165, 1.54) is 0 Å². The Morgan fingerprint density at radius 3 is 2.56 bits per heavy atom. The predicted molar refractivity (Wildman–Crippen MR) is 76.7 cm³/mol. The highest BCUT2D eigenvalue weighted by atomic mass is 16.2. The molecule has 0 fully saturated rings. The van der Waals surface area contributed by atoms with Gasteiger partial charge in [-0.05, 0) is 12.8 Å². The Balaban J connectivity index is 3.96. The van der Waals surface area contributed by atoms with E-state index in [4.69, 9.17) is 0 Å². The minimum atomic E-state index is 0.118. The highest BCUT2D eigenvalue weighted by Crippen LogP contribution is 1.94. The van der Waals surface area contributed by atoms with E-state index in [1.54, 1.807) is 26.0 Å². The molecule has 0 aliphatic heterocycles. The molecule has 5 nitrogen and oxygen atoms in total. The number of guanidine groups is 1. The summed E-state index contributed by atoms with van der Waals surface area (Å²) >= 11 is 0. The molecule has 0 aliphatic rings. The second-order valence-electron chi connectivity index (χ2n) is 4.36. The van der Waals surface area contributed by atoms with Crippen LogP contribution in [0.25, 0.3) is 0 Å². The fourth-order valence-corrected chi connectivity index (χ4v) is 1.47. The summed E-state index contributed by atoms with van der Waals surface area (Å²) in [6.07, 6.45) is 4.45. The van der Waals surface area contributed by atoms with Crippen LogP contribution >= 0.6 is 0 Å². The van der Waals surface area contributed by atoms with Gasteiger partial charge in [-0.2, -0.15) is 0 Å². The van der Waals surface area contributed by atoms with Crippen molar-refractivity contribution < 1.29 is 4.79 Å². The highest BCUT2D eigenvalue weighted by Gasteiger charge is 2.07. The van der Waals surface area contributed by atoms with Crippen molar-refractivity contribution in [2.24, 2.45) is 4.99 Å². The molecular formula is C13H26N4O. The molecule has 18 heavy (non-hydrogen) atoms. The maximum absolute atomic E-state index is 11.4. The van der Waals surface area contributed by atoms with Crippen molar-refractivity contribution in [1.29, 1.82) is 0 Å². The van der Waals surface area contributed by atoms with Crippen molar-refractivity contribution in [2.45, 2.75) is 19.3 Å². The number of amides is 1. The average molecular weight is 254 g/mol. The van der Waals surface area contributed by atoms with Crippen LogP contribution in [0, 0.1) is 0 Å². The second-order valence-corrected chi connectivity index (χ2v) is 4.36. The first-order chi connectivity index (χ1) is 8.52. The van der Waals surface area contributed by atoms with Gasteiger partial charge in [-0.15, -0.1) is 6.58 Å². The van der Waals surface area contributed by atoms with E-state index in [0.29, 0.717) is 13.0 Å². The smallest absolute Gasteiger partial charge is 0.223 e. The van der Waals surface area contributed by atoms with Gasteiger partial charge in [-0.3, -0.25) is 9.79 Å². The van der Waals surface area contributed by atoms with E-state index >= 15 is 0 Å². The van der Waals surface area contributed by atoms with E-state index in [2.05, 4.69) is 21.8 Å². The molecule has 0 aromatic carbocycles. The van der Waals surface area contributed by atoms with Crippen LogP contribution in [0.1, 0.15) is 19.3 Å². The molecule has 1 amide bonds. The van der Waals surface area contributed by atoms with Crippen LogP contribution in [0.15, 0.2) is 17.6 Å². The number of aliphatic imine (C=N–C) groups is 1. The number of nitrogens with zero attached hydrogens (tertiary/aromatic N) is 3. The summed E-state index contributed by atoms with van der Waals surface area (Å²) in [5.41, 5.74) is 0. The zero-order valence-electron chi connectivity index (χ0n) is 12.1. The Hall–Kier alpha value is -1.52. The van der Waals surface area contributed by atoms with E-state index in [1.807, 2.05) is 13.1 Å². The summed E-state index contributed by atoms with van der Waals surface area (Å²) in [5, 5.41) is 3.18. The highest BCUT2D eigenvalue weighted by molar-refractivity contribution is 5.81. The largest absolute Gasteiger partial charge is 0.356 e. The van der Waals surface area contributed by atoms with Gasteiger partial charge in [-0.1, -0.05) is 6.08 Å². The van der Waals surface area contributed by atoms with Gasteiger partial charge in [-0.25, -0.2) is 0 Å². The molecular weight excluding hydrogens is 228 g/mol. The maximum atomic E-state index is 11.4. The van der Waals surface area contributed by atoms with Gasteiger partial charge in [0.15, 0.2) is 5.96 Å². The maximum Gasteiger partial charge on any atom is 0.223 e. The monoisotopic (exact) mass is 254 g/mol. The average Bonchev–Trinajstić information content (AvgIpc) is 2.34. The van der Waals surface area contributed by atoms with Crippen LogP contribution in [0.3, 0.4) is 0 Å². The van der Waals surface area contributed by atoms with Crippen LogP contribution in [0.4, 0.5) is 0 Å². The lowest BCUT2D eigenvalue weighted by molar-refractivity contribution is -0.128. The van der Waals surface area contributed by atoms with Crippen molar-refractivity contribution in [3.05, 3.63) is 12.7 Å². The molecule has 104 valence electrons. The van der Waals surface area contributed by atoms with Crippen molar-refractivity contribution in [3.8, 4) is 0 Å². The first-order valence-corrected chi connectivity index (χ1v) is 6.25. The number of allylic oxidation sites excluding steroid dienone is 1. The first kappa shape index (κ1) is 16.5. The van der Waals surface area contributed by atoms with Gasteiger partial charge in [0.1, 0.15) is 0 Å². The minimum Gasteiger partial charge on any atom is -0.356 e. The third-order valence-electron chi connectivity index (χ3n) is 2.60. The third kappa shape index (κ3) is 6.93. The summed E-state index contributed by atoms with van der Waals surface area (Å²) in [5.74, 6) is 0.942. The number of hydrogen-bond acceptors (Lipinski definition) is 2. The van der Waals surface area contributed by atoms with E-state index in [9.17, 15) is 4.79 Å². The first-order valence-electron chi connectivity index (χ1n) is 6.25. The molecule has 0 saturated heterocycles. The molecule has 1 N–H and O–H groups in total. The van der Waals surface area contributed by atoms with Gasteiger partial charge in [0.2, 0.25) is 5.91 Å². The molecule has 0 bridgehead atoms.